The van der Waals surface area contributed by atoms with E-state index in [1.165, 1.54) is 12.1 Å². The minimum atomic E-state index is -3.92. The molecule has 0 spiro atoms. The first-order chi connectivity index (χ1) is 13.8. The van der Waals surface area contributed by atoms with Gasteiger partial charge < -0.3 is 5.32 Å². The number of fused-ring (bicyclic) bond motifs is 2. The molecule has 0 bridgehead atoms. The third-order valence-corrected chi connectivity index (χ3v) is 6.55. The molecule has 1 aliphatic rings. The molecule has 0 fully saturated rings. The summed E-state index contributed by atoms with van der Waals surface area (Å²) in [5, 5.41) is 3.16. The molecule has 0 unspecified atom stereocenters. The van der Waals surface area contributed by atoms with Crippen molar-refractivity contribution in [3.63, 3.8) is 0 Å². The zero-order chi connectivity index (χ0) is 20.6. The lowest BCUT2D eigenvalue weighted by molar-refractivity contribution is -0.115. The van der Waals surface area contributed by atoms with Crippen LogP contribution in [0.2, 0.25) is 5.02 Å². The zero-order valence-electron chi connectivity index (χ0n) is 15.2. The number of carbonyl (C=O) groups excluding carboxylic acids is 1. The lowest BCUT2D eigenvalue weighted by atomic mass is 10.2. The van der Waals surface area contributed by atoms with E-state index in [0.29, 0.717) is 23.1 Å². The maximum Gasteiger partial charge on any atom is 0.261 e. The number of amides is 1. The van der Waals surface area contributed by atoms with Gasteiger partial charge in [-0.15, -0.1) is 0 Å². The summed E-state index contributed by atoms with van der Waals surface area (Å²) >= 11 is 5.91. The van der Waals surface area contributed by atoms with Gasteiger partial charge in [0.1, 0.15) is 10.7 Å². The first kappa shape index (κ1) is 19.6. The van der Waals surface area contributed by atoms with Gasteiger partial charge in [0.15, 0.2) is 0 Å². The maximum absolute atomic E-state index is 12.5. The quantitative estimate of drug-likeness (QED) is 0.640. The van der Waals surface area contributed by atoms with Crippen LogP contribution in [0.3, 0.4) is 0 Å². The molecule has 0 aliphatic carbocycles. The molecule has 0 atom stereocenters. The van der Waals surface area contributed by atoms with Crippen LogP contribution in [0.25, 0.3) is 10.9 Å². The number of aromatic nitrogens is 2. The number of nitrogens with one attached hydrogen (secondary N) is 2. The van der Waals surface area contributed by atoms with Gasteiger partial charge in [-0.2, -0.15) is 0 Å². The average Bonchev–Trinajstić information content (AvgIpc) is 3.15. The van der Waals surface area contributed by atoms with Crippen molar-refractivity contribution in [2.45, 2.75) is 24.3 Å². The van der Waals surface area contributed by atoms with E-state index < -0.39 is 22.5 Å². The summed E-state index contributed by atoms with van der Waals surface area (Å²) < 4.78 is 28.5. The topological polar surface area (TPSA) is 110 Å². The van der Waals surface area contributed by atoms with Crippen molar-refractivity contribution in [2.24, 2.45) is 0 Å². The van der Waals surface area contributed by atoms with Crippen LogP contribution in [0.4, 0.5) is 5.69 Å². The highest BCUT2D eigenvalue weighted by Gasteiger charge is 2.19. The molecular weight excluding hydrogens is 416 g/mol. The van der Waals surface area contributed by atoms with Crippen LogP contribution in [0.15, 0.2) is 52.2 Å². The van der Waals surface area contributed by atoms with Gasteiger partial charge in [0.05, 0.1) is 22.5 Å². The Balaban J connectivity index is 1.49. The lowest BCUT2D eigenvalue weighted by Gasteiger charge is -2.10. The molecule has 2 aromatic carbocycles. The predicted octanol–water partition coefficient (Wildman–Crippen LogP) is 1.91. The number of carbonyl (C=O) groups is 1. The van der Waals surface area contributed by atoms with Crippen LogP contribution < -0.4 is 15.6 Å². The van der Waals surface area contributed by atoms with Gasteiger partial charge in [0, 0.05) is 18.7 Å². The number of benzene rings is 2. The Labute approximate surface area is 171 Å². The van der Waals surface area contributed by atoms with Crippen LogP contribution in [-0.2, 0) is 27.8 Å². The van der Waals surface area contributed by atoms with E-state index in [4.69, 9.17) is 11.6 Å². The highest BCUT2D eigenvalue weighted by molar-refractivity contribution is 7.89. The van der Waals surface area contributed by atoms with E-state index in [2.05, 4.69) is 15.0 Å². The van der Waals surface area contributed by atoms with Gasteiger partial charge in [-0.3, -0.25) is 14.2 Å². The molecule has 29 heavy (non-hydrogen) atoms. The van der Waals surface area contributed by atoms with Crippen molar-refractivity contribution >= 4 is 44.1 Å². The second-order valence-electron chi connectivity index (χ2n) is 6.62. The third-order valence-electron chi connectivity index (χ3n) is 4.65. The van der Waals surface area contributed by atoms with Gasteiger partial charge in [0.2, 0.25) is 15.9 Å². The molecule has 4 rings (SSSR count). The maximum atomic E-state index is 12.5. The van der Waals surface area contributed by atoms with Gasteiger partial charge in [0.25, 0.3) is 5.56 Å². The van der Waals surface area contributed by atoms with E-state index in [9.17, 15) is 18.0 Å². The number of hydrogen-bond donors (Lipinski definition) is 2. The second-order valence-corrected chi connectivity index (χ2v) is 8.77. The largest absolute Gasteiger partial charge is 0.325 e. The van der Waals surface area contributed by atoms with Crippen molar-refractivity contribution in [1.82, 2.24) is 14.3 Å². The molecule has 1 amide bonds. The van der Waals surface area contributed by atoms with Crippen molar-refractivity contribution in [1.29, 1.82) is 0 Å². The first-order valence-electron chi connectivity index (χ1n) is 8.93. The smallest absolute Gasteiger partial charge is 0.261 e. The number of halogens is 1. The minimum Gasteiger partial charge on any atom is -0.325 e. The Morgan fingerprint density at radius 3 is 2.79 bits per heavy atom. The van der Waals surface area contributed by atoms with Crippen LogP contribution in [0.5, 0.6) is 0 Å². The highest BCUT2D eigenvalue weighted by Crippen LogP contribution is 2.20. The summed E-state index contributed by atoms with van der Waals surface area (Å²) in [5.74, 6) is 0.177. The lowest BCUT2D eigenvalue weighted by Crippen LogP contribution is -2.33. The Morgan fingerprint density at radius 2 is 2.00 bits per heavy atom. The predicted molar refractivity (Wildman–Crippen MR) is 110 cm³/mol. The Kier molecular flexibility index (Phi) is 5.12. The minimum absolute atomic E-state index is 0.0693. The zero-order valence-corrected chi connectivity index (χ0v) is 16.8. The number of hydrogen-bond acceptors (Lipinski definition) is 5. The van der Waals surface area contributed by atoms with Crippen LogP contribution in [0.1, 0.15) is 12.2 Å². The van der Waals surface area contributed by atoms with Gasteiger partial charge in [-0.05, 0) is 36.8 Å². The fourth-order valence-electron chi connectivity index (χ4n) is 3.27. The summed E-state index contributed by atoms with van der Waals surface area (Å²) in [7, 11) is -3.92. The molecule has 0 saturated heterocycles. The second kappa shape index (κ2) is 7.58. The number of rotatable bonds is 5. The Hall–Kier alpha value is -2.75. The number of sulfonamides is 1. The molecule has 2 heterocycles. The van der Waals surface area contributed by atoms with Crippen LogP contribution >= 0.6 is 11.6 Å². The van der Waals surface area contributed by atoms with E-state index in [1.807, 2.05) is 0 Å². The first-order valence-corrected chi connectivity index (χ1v) is 10.8. The number of anilines is 1. The van der Waals surface area contributed by atoms with Crippen LogP contribution in [0, 0.1) is 0 Å². The summed E-state index contributed by atoms with van der Waals surface area (Å²) in [5.41, 5.74) is 0.833. The van der Waals surface area contributed by atoms with E-state index in [-0.39, 0.29) is 15.5 Å². The van der Waals surface area contributed by atoms with Crippen LogP contribution in [-0.4, -0.2) is 30.4 Å². The summed E-state index contributed by atoms with van der Waals surface area (Å²) in [6.45, 7) is 0.201. The van der Waals surface area contributed by atoms with Gasteiger partial charge in [-0.25, -0.2) is 18.1 Å². The Morgan fingerprint density at radius 1 is 1.21 bits per heavy atom. The normalized spacial score (nSPS) is 13.4. The fourth-order valence-corrected chi connectivity index (χ4v) is 4.77. The van der Waals surface area contributed by atoms with Gasteiger partial charge >= 0.3 is 0 Å². The van der Waals surface area contributed by atoms with E-state index in [0.717, 1.165) is 18.7 Å². The average molecular weight is 433 g/mol. The van der Waals surface area contributed by atoms with Gasteiger partial charge in [-0.1, -0.05) is 23.7 Å². The fraction of sp³-hybridized carbons (Fsp3) is 0.211. The number of aryl methyl sites for hydroxylation is 1. The molecule has 8 nitrogen and oxygen atoms in total. The third kappa shape index (κ3) is 3.89. The SMILES string of the molecule is O=C(CNS(=O)(=O)c1ccccc1Cl)Nc1ccc2c(=O)n3c(nc2c1)CCC3. The van der Waals surface area contributed by atoms with Crippen molar-refractivity contribution in [2.75, 3.05) is 11.9 Å². The monoisotopic (exact) mass is 432 g/mol. The van der Waals surface area contributed by atoms with Crippen molar-refractivity contribution in [3.05, 3.63) is 63.7 Å². The molecule has 1 aromatic heterocycles. The molecule has 10 heteroatoms. The molecular formula is C19H17ClN4O4S. The highest BCUT2D eigenvalue weighted by atomic mass is 35.5. The Bertz CT molecular complexity index is 1290. The molecule has 0 radical (unpaired) electrons. The molecule has 1 aliphatic heterocycles. The van der Waals surface area contributed by atoms with E-state index >= 15 is 0 Å². The summed E-state index contributed by atoms with van der Waals surface area (Å²) in [4.78, 5) is 29.1. The number of nitrogens with zero attached hydrogens (tertiary/aromatic N) is 2. The van der Waals surface area contributed by atoms with Crippen molar-refractivity contribution in [3.8, 4) is 0 Å². The standard InChI is InChI=1S/C19H17ClN4O4S/c20-14-4-1-2-5-16(14)29(27,28)21-11-18(25)22-12-7-8-13-15(10-12)23-17-6-3-9-24(17)19(13)26/h1-2,4-5,7-8,10,21H,3,6,9,11H2,(H,22,25). The summed E-state index contributed by atoms with van der Waals surface area (Å²) in [6.07, 6.45) is 1.62. The van der Waals surface area contributed by atoms with Crippen molar-refractivity contribution < 1.29 is 13.2 Å². The molecule has 3 aromatic rings. The molecule has 2 N–H and O–H groups in total. The molecule has 0 saturated carbocycles. The van der Waals surface area contributed by atoms with E-state index in [1.54, 1.807) is 34.9 Å². The summed E-state index contributed by atoms with van der Waals surface area (Å²) in [6, 6.07) is 10.8. The molecule has 150 valence electrons.